The van der Waals surface area contributed by atoms with Gasteiger partial charge in [-0.3, -0.25) is 4.79 Å². The molecule has 0 radical (unpaired) electrons. The van der Waals surface area contributed by atoms with Gasteiger partial charge in [0.25, 0.3) is 0 Å². The quantitative estimate of drug-likeness (QED) is 0.616. The van der Waals surface area contributed by atoms with Crippen LogP contribution in [0.1, 0.15) is 25.8 Å². The van der Waals surface area contributed by atoms with E-state index in [4.69, 9.17) is 9.47 Å². The molecule has 1 amide bonds. The Labute approximate surface area is 172 Å². The molecule has 0 bridgehead atoms. The van der Waals surface area contributed by atoms with Crippen LogP contribution in [-0.2, 0) is 21.4 Å². The topological polar surface area (TPSA) is 93.7 Å². The van der Waals surface area contributed by atoms with Gasteiger partial charge in [-0.25, -0.2) is 8.42 Å². The Morgan fingerprint density at radius 1 is 0.931 bits per heavy atom. The van der Waals surface area contributed by atoms with E-state index in [9.17, 15) is 13.2 Å². The fraction of sp³-hybridized carbons (Fsp3) is 0.381. The molecule has 0 saturated heterocycles. The zero-order valence-electron chi connectivity index (χ0n) is 17.1. The van der Waals surface area contributed by atoms with Crippen LogP contribution in [0.2, 0.25) is 0 Å². The zero-order chi connectivity index (χ0) is 21.4. The van der Waals surface area contributed by atoms with Crippen LogP contribution >= 0.6 is 0 Å². The van der Waals surface area contributed by atoms with E-state index in [0.29, 0.717) is 18.7 Å². The van der Waals surface area contributed by atoms with Gasteiger partial charge in [-0.05, 0) is 54.3 Å². The highest BCUT2D eigenvalue weighted by Gasteiger charge is 2.26. The Bertz CT molecular complexity index is 894. The summed E-state index contributed by atoms with van der Waals surface area (Å²) in [6.45, 7) is 4.17. The van der Waals surface area contributed by atoms with Gasteiger partial charge in [0.15, 0.2) is 0 Å². The standard InChI is InChI=1S/C21H28N2O5S/c1-15(2)13-20(21(24)22-14-16-5-7-17(27-3)8-6-16)23-29(25,26)19-11-9-18(28-4)10-12-19/h5-12,15,20,23H,13-14H2,1-4H3,(H,22,24)/t20-/m1/s1. The first-order chi connectivity index (χ1) is 13.7. The number of hydrogen-bond donors (Lipinski definition) is 2. The van der Waals surface area contributed by atoms with Crippen LogP contribution in [0.3, 0.4) is 0 Å². The summed E-state index contributed by atoms with van der Waals surface area (Å²) < 4.78 is 38.2. The molecule has 0 aromatic heterocycles. The highest BCUT2D eigenvalue weighted by molar-refractivity contribution is 7.89. The molecule has 0 spiro atoms. The van der Waals surface area contributed by atoms with E-state index >= 15 is 0 Å². The molecule has 0 heterocycles. The van der Waals surface area contributed by atoms with Gasteiger partial charge in [0.2, 0.25) is 15.9 Å². The summed E-state index contributed by atoms with van der Waals surface area (Å²) in [6, 6.07) is 12.5. The van der Waals surface area contributed by atoms with Crippen molar-refractivity contribution in [1.82, 2.24) is 10.0 Å². The minimum Gasteiger partial charge on any atom is -0.497 e. The first kappa shape index (κ1) is 22.7. The summed E-state index contributed by atoms with van der Waals surface area (Å²) in [5.74, 6) is 1.04. The van der Waals surface area contributed by atoms with Crippen LogP contribution in [0, 0.1) is 5.92 Å². The smallest absolute Gasteiger partial charge is 0.241 e. The van der Waals surface area contributed by atoms with E-state index in [1.165, 1.54) is 19.2 Å². The van der Waals surface area contributed by atoms with Crippen molar-refractivity contribution in [2.45, 2.75) is 37.8 Å². The number of amides is 1. The van der Waals surface area contributed by atoms with E-state index in [1.54, 1.807) is 31.4 Å². The summed E-state index contributed by atoms with van der Waals surface area (Å²) in [5, 5.41) is 2.81. The number of rotatable bonds is 10. The Morgan fingerprint density at radius 2 is 1.45 bits per heavy atom. The van der Waals surface area contributed by atoms with Crippen molar-refractivity contribution in [2.75, 3.05) is 14.2 Å². The van der Waals surface area contributed by atoms with Crippen LogP contribution < -0.4 is 19.5 Å². The number of ether oxygens (including phenoxy) is 2. The zero-order valence-corrected chi connectivity index (χ0v) is 18.0. The molecular weight excluding hydrogens is 392 g/mol. The summed E-state index contributed by atoms with van der Waals surface area (Å²) >= 11 is 0. The number of benzene rings is 2. The fourth-order valence-electron chi connectivity index (χ4n) is 2.75. The van der Waals surface area contributed by atoms with Crippen LogP contribution in [0.4, 0.5) is 0 Å². The van der Waals surface area contributed by atoms with Gasteiger partial charge in [0, 0.05) is 6.54 Å². The van der Waals surface area contributed by atoms with Crippen molar-refractivity contribution in [3.05, 3.63) is 54.1 Å². The second-order valence-electron chi connectivity index (χ2n) is 7.04. The lowest BCUT2D eigenvalue weighted by Crippen LogP contribution is -2.47. The number of nitrogens with one attached hydrogen (secondary N) is 2. The fourth-order valence-corrected chi connectivity index (χ4v) is 3.95. The SMILES string of the molecule is COc1ccc(CNC(=O)[C@@H](CC(C)C)NS(=O)(=O)c2ccc(OC)cc2)cc1. The predicted octanol–water partition coefficient (Wildman–Crippen LogP) is 2.71. The third-order valence-corrected chi connectivity index (χ3v) is 5.80. The van der Waals surface area contributed by atoms with Gasteiger partial charge < -0.3 is 14.8 Å². The van der Waals surface area contributed by atoms with Crippen LogP contribution in [0.15, 0.2) is 53.4 Å². The molecule has 29 heavy (non-hydrogen) atoms. The van der Waals surface area contributed by atoms with Crippen molar-refractivity contribution in [1.29, 1.82) is 0 Å². The molecule has 2 rings (SSSR count). The molecule has 158 valence electrons. The van der Waals surface area contributed by atoms with Gasteiger partial charge in [-0.2, -0.15) is 4.72 Å². The van der Waals surface area contributed by atoms with Gasteiger partial charge in [-0.15, -0.1) is 0 Å². The van der Waals surface area contributed by atoms with E-state index < -0.39 is 16.1 Å². The summed E-state index contributed by atoms with van der Waals surface area (Å²) in [7, 11) is -0.757. The van der Waals surface area contributed by atoms with Gasteiger partial charge in [-0.1, -0.05) is 26.0 Å². The van der Waals surface area contributed by atoms with Gasteiger partial charge in [0.1, 0.15) is 17.5 Å². The number of carbonyl (C=O) groups is 1. The molecule has 2 aromatic rings. The largest absolute Gasteiger partial charge is 0.497 e. The molecule has 0 aliphatic heterocycles. The average Bonchev–Trinajstić information content (AvgIpc) is 2.71. The van der Waals surface area contributed by atoms with Crippen LogP contribution in [0.5, 0.6) is 11.5 Å². The van der Waals surface area contributed by atoms with Crippen molar-refractivity contribution < 1.29 is 22.7 Å². The lowest BCUT2D eigenvalue weighted by molar-refractivity contribution is -0.123. The molecule has 0 aliphatic rings. The molecular formula is C21H28N2O5S. The minimum atomic E-state index is -3.85. The maximum atomic E-state index is 12.7. The molecule has 0 aliphatic carbocycles. The molecule has 0 unspecified atom stereocenters. The third-order valence-electron chi connectivity index (χ3n) is 4.32. The summed E-state index contributed by atoms with van der Waals surface area (Å²) in [4.78, 5) is 12.8. The second-order valence-corrected chi connectivity index (χ2v) is 8.76. The van der Waals surface area contributed by atoms with E-state index in [-0.39, 0.29) is 16.7 Å². The maximum Gasteiger partial charge on any atom is 0.241 e. The lowest BCUT2D eigenvalue weighted by atomic mass is 10.0. The molecule has 7 nitrogen and oxygen atoms in total. The Kier molecular flexibility index (Phi) is 8.04. The van der Waals surface area contributed by atoms with E-state index in [1.807, 2.05) is 26.0 Å². The van der Waals surface area contributed by atoms with Gasteiger partial charge >= 0.3 is 0 Å². The molecule has 0 fully saturated rings. The number of methoxy groups -OCH3 is 2. The second kappa shape index (κ2) is 10.3. The minimum absolute atomic E-state index is 0.0787. The molecule has 2 N–H and O–H groups in total. The predicted molar refractivity (Wildman–Crippen MR) is 111 cm³/mol. The molecule has 1 atom stereocenters. The summed E-state index contributed by atoms with van der Waals surface area (Å²) in [6.07, 6.45) is 0.379. The number of carbonyl (C=O) groups excluding carboxylic acids is 1. The van der Waals surface area contributed by atoms with Crippen molar-refractivity contribution >= 4 is 15.9 Å². The highest BCUT2D eigenvalue weighted by atomic mass is 32.2. The normalized spacial score (nSPS) is 12.4. The first-order valence-corrected chi connectivity index (χ1v) is 10.8. The highest BCUT2D eigenvalue weighted by Crippen LogP contribution is 2.17. The third kappa shape index (κ3) is 6.76. The number of hydrogen-bond acceptors (Lipinski definition) is 5. The van der Waals surface area contributed by atoms with Crippen molar-refractivity contribution in [3.63, 3.8) is 0 Å². The first-order valence-electron chi connectivity index (χ1n) is 9.32. The maximum absolute atomic E-state index is 12.7. The monoisotopic (exact) mass is 420 g/mol. The average molecular weight is 421 g/mol. The lowest BCUT2D eigenvalue weighted by Gasteiger charge is -2.20. The van der Waals surface area contributed by atoms with E-state index in [2.05, 4.69) is 10.0 Å². The molecule has 0 saturated carbocycles. The molecule has 8 heteroatoms. The molecule has 2 aromatic carbocycles. The van der Waals surface area contributed by atoms with Gasteiger partial charge in [0.05, 0.1) is 19.1 Å². The Morgan fingerprint density at radius 3 is 1.93 bits per heavy atom. The van der Waals surface area contributed by atoms with Crippen LogP contribution in [0.25, 0.3) is 0 Å². The number of sulfonamides is 1. The van der Waals surface area contributed by atoms with Crippen molar-refractivity contribution in [3.8, 4) is 11.5 Å². The Balaban J connectivity index is 2.08. The van der Waals surface area contributed by atoms with Crippen molar-refractivity contribution in [2.24, 2.45) is 5.92 Å². The van der Waals surface area contributed by atoms with Crippen LogP contribution in [-0.4, -0.2) is 34.6 Å². The summed E-state index contributed by atoms with van der Waals surface area (Å²) in [5.41, 5.74) is 0.889. The van der Waals surface area contributed by atoms with E-state index in [0.717, 1.165) is 11.3 Å². The Hall–Kier alpha value is -2.58.